The second-order valence-electron chi connectivity index (χ2n) is 2.40. The van der Waals surface area contributed by atoms with Crippen molar-refractivity contribution in [2.24, 2.45) is 5.73 Å². The van der Waals surface area contributed by atoms with Crippen LogP contribution in [0.3, 0.4) is 0 Å². The highest BCUT2D eigenvalue weighted by Gasteiger charge is 2.15. The molecule has 4 heteroatoms. The molecular formula is C7H10ClNOS. The van der Waals surface area contributed by atoms with Crippen molar-refractivity contribution >= 4 is 22.9 Å². The number of nitrogens with two attached hydrogens (primary N) is 1. The van der Waals surface area contributed by atoms with E-state index in [9.17, 15) is 0 Å². The van der Waals surface area contributed by atoms with Crippen LogP contribution in [-0.4, -0.2) is 11.2 Å². The lowest BCUT2D eigenvalue weighted by Gasteiger charge is -2.12. The van der Waals surface area contributed by atoms with Gasteiger partial charge in [0, 0.05) is 4.88 Å². The fourth-order valence-electron chi connectivity index (χ4n) is 0.762. The van der Waals surface area contributed by atoms with Crippen molar-refractivity contribution in [2.75, 3.05) is 0 Å². The van der Waals surface area contributed by atoms with Gasteiger partial charge in [-0.05, 0) is 18.4 Å². The summed E-state index contributed by atoms with van der Waals surface area (Å²) in [6, 6.07) is 1.42. The summed E-state index contributed by atoms with van der Waals surface area (Å²) in [5.41, 5.74) is 5.66. The molecule has 0 radical (unpaired) electrons. The van der Waals surface area contributed by atoms with Gasteiger partial charge in [0.25, 0.3) is 0 Å². The molecule has 0 saturated heterocycles. The lowest BCUT2D eigenvalue weighted by molar-refractivity contribution is 0.165. The number of thiophene rings is 1. The van der Waals surface area contributed by atoms with E-state index >= 15 is 0 Å². The average Bonchev–Trinajstić information content (AvgIpc) is 2.33. The zero-order valence-electron chi connectivity index (χ0n) is 6.12. The van der Waals surface area contributed by atoms with Crippen LogP contribution in [0.25, 0.3) is 0 Å². The molecule has 2 atom stereocenters. The van der Waals surface area contributed by atoms with Crippen molar-refractivity contribution in [1.82, 2.24) is 0 Å². The van der Waals surface area contributed by atoms with Gasteiger partial charge in [-0.25, -0.2) is 0 Å². The normalized spacial score (nSPS) is 16.4. The van der Waals surface area contributed by atoms with Gasteiger partial charge in [0.15, 0.2) is 0 Å². The largest absolute Gasteiger partial charge is 0.391 e. The molecule has 0 amide bonds. The number of hydrogen-bond acceptors (Lipinski definition) is 3. The van der Waals surface area contributed by atoms with Crippen molar-refractivity contribution < 1.29 is 5.11 Å². The molecule has 62 valence electrons. The molecule has 1 rings (SSSR count). The Morgan fingerprint density at radius 1 is 1.73 bits per heavy atom. The van der Waals surface area contributed by atoms with E-state index < -0.39 is 6.10 Å². The first-order valence-electron chi connectivity index (χ1n) is 3.29. The Bertz CT molecular complexity index is 236. The van der Waals surface area contributed by atoms with E-state index in [2.05, 4.69) is 0 Å². The first kappa shape index (κ1) is 9.00. The molecule has 0 spiro atoms. The second kappa shape index (κ2) is 3.54. The first-order chi connectivity index (χ1) is 5.13. The second-order valence-corrected chi connectivity index (χ2v) is 3.75. The number of aliphatic hydroxyl groups excluding tert-OH is 1. The molecule has 0 aliphatic carbocycles. The quantitative estimate of drug-likeness (QED) is 0.749. The number of halogens is 1. The number of rotatable bonds is 2. The van der Waals surface area contributed by atoms with Crippen LogP contribution in [0.5, 0.6) is 0 Å². The Balaban J connectivity index is 2.84. The summed E-state index contributed by atoms with van der Waals surface area (Å²) >= 11 is 7.27. The Morgan fingerprint density at radius 2 is 2.36 bits per heavy atom. The van der Waals surface area contributed by atoms with E-state index in [-0.39, 0.29) is 6.04 Å². The van der Waals surface area contributed by atoms with E-state index in [1.54, 1.807) is 13.0 Å². The molecule has 0 bridgehead atoms. The van der Waals surface area contributed by atoms with Gasteiger partial charge in [-0.3, -0.25) is 0 Å². The van der Waals surface area contributed by atoms with Crippen LogP contribution in [0.1, 0.15) is 17.8 Å². The van der Waals surface area contributed by atoms with Crippen LogP contribution in [0.15, 0.2) is 11.4 Å². The van der Waals surface area contributed by atoms with E-state index in [0.29, 0.717) is 5.02 Å². The van der Waals surface area contributed by atoms with Gasteiger partial charge in [-0.15, -0.1) is 11.3 Å². The van der Waals surface area contributed by atoms with Crippen LogP contribution < -0.4 is 5.73 Å². The van der Waals surface area contributed by atoms with Gasteiger partial charge in [-0.1, -0.05) is 11.6 Å². The van der Waals surface area contributed by atoms with Crippen LogP contribution in [0.2, 0.25) is 5.02 Å². The van der Waals surface area contributed by atoms with Crippen LogP contribution >= 0.6 is 22.9 Å². The molecule has 11 heavy (non-hydrogen) atoms. The first-order valence-corrected chi connectivity index (χ1v) is 4.55. The third-order valence-corrected chi connectivity index (χ3v) is 2.93. The molecular weight excluding hydrogens is 182 g/mol. The molecule has 0 aliphatic rings. The van der Waals surface area contributed by atoms with Gasteiger partial charge >= 0.3 is 0 Å². The molecule has 0 aromatic carbocycles. The van der Waals surface area contributed by atoms with Gasteiger partial charge in [-0.2, -0.15) is 0 Å². The highest BCUT2D eigenvalue weighted by atomic mass is 35.5. The summed E-state index contributed by atoms with van der Waals surface area (Å²) in [5, 5.41) is 11.6. The maximum atomic E-state index is 9.14. The van der Waals surface area contributed by atoms with Gasteiger partial charge in [0.2, 0.25) is 0 Å². The predicted octanol–water partition coefficient (Wildman–Crippen LogP) is 1.78. The van der Waals surface area contributed by atoms with E-state index in [1.807, 2.05) is 5.38 Å². The van der Waals surface area contributed by atoms with Crippen molar-refractivity contribution in [3.8, 4) is 0 Å². The summed E-state index contributed by atoms with van der Waals surface area (Å²) < 4.78 is 0. The maximum Gasteiger partial charge on any atom is 0.0713 e. The van der Waals surface area contributed by atoms with Crippen molar-refractivity contribution in [3.63, 3.8) is 0 Å². The third-order valence-electron chi connectivity index (χ3n) is 1.47. The smallest absolute Gasteiger partial charge is 0.0713 e. The molecule has 2 nitrogen and oxygen atoms in total. The SMILES string of the molecule is C[C@H](O)[C@@H](N)c1sccc1Cl. The minimum Gasteiger partial charge on any atom is -0.391 e. The number of hydrogen-bond donors (Lipinski definition) is 2. The van der Waals surface area contributed by atoms with Gasteiger partial charge in [0.1, 0.15) is 0 Å². The minimum absolute atomic E-state index is 0.359. The Labute approximate surface area is 74.6 Å². The summed E-state index contributed by atoms with van der Waals surface area (Å²) in [6.07, 6.45) is -0.550. The Morgan fingerprint density at radius 3 is 2.73 bits per heavy atom. The van der Waals surface area contributed by atoms with Crippen LogP contribution in [-0.2, 0) is 0 Å². The van der Waals surface area contributed by atoms with Crippen molar-refractivity contribution in [2.45, 2.75) is 19.1 Å². The summed E-state index contributed by atoms with van der Waals surface area (Å²) in [6.45, 7) is 1.65. The molecule has 1 aromatic heterocycles. The van der Waals surface area contributed by atoms with E-state index in [0.717, 1.165) is 4.88 Å². The maximum absolute atomic E-state index is 9.14. The predicted molar refractivity (Wildman–Crippen MR) is 47.9 cm³/mol. The third kappa shape index (κ3) is 1.93. The Hall–Kier alpha value is -0.0900. The zero-order valence-corrected chi connectivity index (χ0v) is 7.69. The van der Waals surface area contributed by atoms with Gasteiger partial charge < -0.3 is 10.8 Å². The van der Waals surface area contributed by atoms with Gasteiger partial charge in [0.05, 0.1) is 17.2 Å². The van der Waals surface area contributed by atoms with Crippen LogP contribution in [0.4, 0.5) is 0 Å². The molecule has 1 heterocycles. The van der Waals surface area contributed by atoms with Crippen molar-refractivity contribution in [3.05, 3.63) is 21.3 Å². The van der Waals surface area contributed by atoms with Crippen molar-refractivity contribution in [1.29, 1.82) is 0 Å². The topological polar surface area (TPSA) is 46.2 Å². The summed E-state index contributed by atoms with van der Waals surface area (Å²) in [5.74, 6) is 0. The highest BCUT2D eigenvalue weighted by Crippen LogP contribution is 2.28. The molecule has 0 aliphatic heterocycles. The monoisotopic (exact) mass is 191 g/mol. The fraction of sp³-hybridized carbons (Fsp3) is 0.429. The minimum atomic E-state index is -0.550. The summed E-state index contributed by atoms with van der Waals surface area (Å²) in [4.78, 5) is 0.849. The molecule has 0 fully saturated rings. The molecule has 1 aromatic rings. The highest BCUT2D eigenvalue weighted by molar-refractivity contribution is 7.10. The number of aliphatic hydroxyl groups is 1. The molecule has 3 N–H and O–H groups in total. The van der Waals surface area contributed by atoms with E-state index in [4.69, 9.17) is 22.4 Å². The van der Waals surface area contributed by atoms with Crippen LogP contribution in [0, 0.1) is 0 Å². The standard InChI is InChI=1S/C7H10ClNOS/c1-4(10)6(9)7-5(8)2-3-11-7/h2-4,6,10H,9H2,1H3/t4-,6+/m0/s1. The fourth-order valence-corrected chi connectivity index (χ4v) is 2.05. The van der Waals surface area contributed by atoms with E-state index in [1.165, 1.54) is 11.3 Å². The average molecular weight is 192 g/mol. The summed E-state index contributed by atoms with van der Waals surface area (Å²) in [7, 11) is 0. The zero-order chi connectivity index (χ0) is 8.43. The Kier molecular flexibility index (Phi) is 2.90. The lowest BCUT2D eigenvalue weighted by Crippen LogP contribution is -2.22. The lowest BCUT2D eigenvalue weighted by atomic mass is 10.1. The molecule has 0 saturated carbocycles. The molecule has 0 unspecified atom stereocenters.